The van der Waals surface area contributed by atoms with E-state index in [0.29, 0.717) is 0 Å². The summed E-state index contributed by atoms with van der Waals surface area (Å²) in [6.07, 6.45) is 4.34. The van der Waals surface area contributed by atoms with Crippen LogP contribution in [0.3, 0.4) is 0 Å². The van der Waals surface area contributed by atoms with Crippen LogP contribution in [0.4, 0.5) is 17.1 Å². The number of hydrogen-bond donors (Lipinski definition) is 0. The summed E-state index contributed by atoms with van der Waals surface area (Å²) in [5.74, 6) is 1.88. The van der Waals surface area contributed by atoms with Crippen LogP contribution in [0.2, 0.25) is 0 Å². The molecular formula is C48H39NO. The van der Waals surface area contributed by atoms with E-state index in [2.05, 4.69) is 190 Å². The molecule has 1 aliphatic carbocycles. The molecule has 0 spiro atoms. The quantitative estimate of drug-likeness (QED) is 0.173. The summed E-state index contributed by atoms with van der Waals surface area (Å²) in [7, 11) is 0. The summed E-state index contributed by atoms with van der Waals surface area (Å²) >= 11 is 0. The summed E-state index contributed by atoms with van der Waals surface area (Å²) in [5.41, 5.74) is 12.7. The predicted octanol–water partition coefficient (Wildman–Crippen LogP) is 13.2. The maximum atomic E-state index is 7.33. The molecule has 0 saturated heterocycles. The number of ether oxygens (including phenoxy) is 1. The lowest BCUT2D eigenvalue weighted by atomic mass is 9.73. The van der Waals surface area contributed by atoms with Gasteiger partial charge in [-0.15, -0.1) is 0 Å². The van der Waals surface area contributed by atoms with Crippen molar-refractivity contribution in [2.24, 2.45) is 0 Å². The standard InChI is InChI=1S/C48H39NO/c1-47(2)38-20-11-10-19-37(38)44-39(47)30-31-41-46(44)50-45-40(48(41,3)4)21-13-23-43(45)49(42-22-12-17-34-16-8-9-18-36(34)42)35-28-26-33(27-29-35)25-24-32-14-6-5-7-15-32/h5-31H,1-4H3. The second-order valence-corrected chi connectivity index (χ2v) is 14.6. The van der Waals surface area contributed by atoms with Gasteiger partial charge in [-0.05, 0) is 57.5 Å². The first-order valence-electron chi connectivity index (χ1n) is 17.5. The van der Waals surface area contributed by atoms with Gasteiger partial charge in [0.05, 0.1) is 11.4 Å². The number of para-hydroxylation sites is 1. The third-order valence-electron chi connectivity index (χ3n) is 10.9. The van der Waals surface area contributed by atoms with Gasteiger partial charge in [-0.2, -0.15) is 0 Å². The lowest BCUT2D eigenvalue weighted by Crippen LogP contribution is -2.26. The summed E-state index contributed by atoms with van der Waals surface area (Å²) in [6.45, 7) is 9.34. The highest BCUT2D eigenvalue weighted by atomic mass is 16.5. The molecule has 242 valence electrons. The molecule has 0 unspecified atom stereocenters. The molecule has 0 aromatic heterocycles. The van der Waals surface area contributed by atoms with Gasteiger partial charge >= 0.3 is 0 Å². The van der Waals surface area contributed by atoms with Crippen LogP contribution in [0.15, 0.2) is 152 Å². The van der Waals surface area contributed by atoms with Crippen molar-refractivity contribution in [3.63, 3.8) is 0 Å². The maximum absolute atomic E-state index is 7.33. The Morgan fingerprint density at radius 3 is 1.86 bits per heavy atom. The Kier molecular flexibility index (Phi) is 6.86. The van der Waals surface area contributed by atoms with Crippen molar-refractivity contribution in [3.05, 3.63) is 185 Å². The highest BCUT2D eigenvalue weighted by molar-refractivity contribution is 6.00. The van der Waals surface area contributed by atoms with Gasteiger partial charge < -0.3 is 9.64 Å². The fraction of sp³-hybridized carbons (Fsp3) is 0.125. The van der Waals surface area contributed by atoms with E-state index in [4.69, 9.17) is 4.74 Å². The van der Waals surface area contributed by atoms with Crippen LogP contribution in [0.25, 0.3) is 34.1 Å². The van der Waals surface area contributed by atoms with Gasteiger partial charge in [-0.1, -0.05) is 167 Å². The fourth-order valence-corrected chi connectivity index (χ4v) is 8.21. The van der Waals surface area contributed by atoms with Gasteiger partial charge in [0.15, 0.2) is 5.75 Å². The number of nitrogens with zero attached hydrogens (tertiary/aromatic N) is 1. The minimum absolute atomic E-state index is 0.111. The van der Waals surface area contributed by atoms with Crippen molar-refractivity contribution >= 4 is 40.0 Å². The topological polar surface area (TPSA) is 12.5 Å². The summed E-state index contributed by atoms with van der Waals surface area (Å²) in [4.78, 5) is 2.38. The van der Waals surface area contributed by atoms with Crippen molar-refractivity contribution in [2.45, 2.75) is 38.5 Å². The molecule has 50 heavy (non-hydrogen) atoms. The average Bonchev–Trinajstić information content (AvgIpc) is 3.38. The summed E-state index contributed by atoms with van der Waals surface area (Å²) in [6, 6.07) is 54.6. The average molecular weight is 646 g/mol. The smallest absolute Gasteiger partial charge is 0.155 e. The first-order chi connectivity index (χ1) is 24.3. The van der Waals surface area contributed by atoms with Crippen LogP contribution in [0.5, 0.6) is 11.5 Å². The molecule has 0 fully saturated rings. The van der Waals surface area contributed by atoms with Gasteiger partial charge in [-0.25, -0.2) is 0 Å². The molecule has 0 bridgehead atoms. The van der Waals surface area contributed by atoms with Crippen LogP contribution in [0, 0.1) is 0 Å². The van der Waals surface area contributed by atoms with Crippen LogP contribution in [-0.4, -0.2) is 0 Å². The van der Waals surface area contributed by atoms with E-state index in [0.717, 1.165) is 34.1 Å². The number of rotatable bonds is 5. The molecule has 0 saturated carbocycles. The Morgan fingerprint density at radius 1 is 0.460 bits per heavy atom. The zero-order valence-electron chi connectivity index (χ0n) is 28.9. The highest BCUT2D eigenvalue weighted by Crippen LogP contribution is 2.60. The molecule has 2 nitrogen and oxygen atoms in total. The molecule has 0 radical (unpaired) electrons. The molecule has 0 atom stereocenters. The molecule has 7 aromatic carbocycles. The van der Waals surface area contributed by atoms with E-state index >= 15 is 0 Å². The molecule has 0 amide bonds. The lowest BCUT2D eigenvalue weighted by Gasteiger charge is -2.39. The van der Waals surface area contributed by atoms with Crippen molar-refractivity contribution in [1.29, 1.82) is 0 Å². The van der Waals surface area contributed by atoms with Gasteiger partial charge in [0, 0.05) is 38.6 Å². The Hall–Kier alpha value is -5.86. The van der Waals surface area contributed by atoms with E-state index in [9.17, 15) is 0 Å². The SMILES string of the molecule is CC1(C)c2cccc(N(c3ccc(C=Cc4ccccc4)cc3)c3cccc4ccccc34)c2Oc2c1ccc1c2-c2ccccc2C1(C)C. The number of benzene rings is 7. The Labute approximate surface area is 294 Å². The fourth-order valence-electron chi connectivity index (χ4n) is 8.21. The van der Waals surface area contributed by atoms with Crippen molar-refractivity contribution in [2.75, 3.05) is 4.90 Å². The summed E-state index contributed by atoms with van der Waals surface area (Å²) in [5, 5.41) is 2.39. The largest absolute Gasteiger partial charge is 0.454 e. The lowest BCUT2D eigenvalue weighted by molar-refractivity contribution is 0.420. The van der Waals surface area contributed by atoms with E-state index in [-0.39, 0.29) is 10.8 Å². The van der Waals surface area contributed by atoms with E-state index in [1.165, 1.54) is 49.7 Å². The number of anilines is 3. The van der Waals surface area contributed by atoms with Crippen LogP contribution >= 0.6 is 0 Å². The van der Waals surface area contributed by atoms with Gasteiger partial charge in [0.1, 0.15) is 5.75 Å². The van der Waals surface area contributed by atoms with E-state index in [1.807, 2.05) is 6.07 Å². The van der Waals surface area contributed by atoms with Gasteiger partial charge in [0.25, 0.3) is 0 Å². The third-order valence-corrected chi connectivity index (χ3v) is 10.9. The second kappa shape index (κ2) is 11.4. The van der Waals surface area contributed by atoms with Crippen LogP contribution in [-0.2, 0) is 10.8 Å². The monoisotopic (exact) mass is 645 g/mol. The zero-order valence-corrected chi connectivity index (χ0v) is 28.9. The van der Waals surface area contributed by atoms with Gasteiger partial charge in [0.2, 0.25) is 0 Å². The molecule has 2 aliphatic rings. The minimum atomic E-state index is -0.286. The Balaban J connectivity index is 1.24. The molecular weight excluding hydrogens is 607 g/mol. The van der Waals surface area contributed by atoms with Crippen molar-refractivity contribution < 1.29 is 4.74 Å². The van der Waals surface area contributed by atoms with Crippen molar-refractivity contribution in [1.82, 2.24) is 0 Å². The minimum Gasteiger partial charge on any atom is -0.454 e. The molecule has 2 heteroatoms. The highest BCUT2D eigenvalue weighted by Gasteiger charge is 2.43. The van der Waals surface area contributed by atoms with Crippen LogP contribution in [0.1, 0.15) is 61.1 Å². The number of fused-ring (bicyclic) bond motifs is 7. The first kappa shape index (κ1) is 30.2. The summed E-state index contributed by atoms with van der Waals surface area (Å²) < 4.78 is 7.33. The predicted molar refractivity (Wildman–Crippen MR) is 210 cm³/mol. The molecule has 1 aliphatic heterocycles. The Morgan fingerprint density at radius 2 is 1.04 bits per heavy atom. The molecule has 7 aromatic rings. The van der Waals surface area contributed by atoms with E-state index in [1.54, 1.807) is 0 Å². The second-order valence-electron chi connectivity index (χ2n) is 14.6. The molecule has 0 N–H and O–H groups in total. The normalized spacial score (nSPS) is 14.8. The van der Waals surface area contributed by atoms with Crippen molar-refractivity contribution in [3.8, 4) is 22.6 Å². The molecule has 9 rings (SSSR count). The van der Waals surface area contributed by atoms with Crippen LogP contribution < -0.4 is 9.64 Å². The third kappa shape index (κ3) is 4.63. The first-order valence-corrected chi connectivity index (χ1v) is 17.5. The Bertz CT molecular complexity index is 2450. The zero-order chi connectivity index (χ0) is 34.0. The number of hydrogen-bond acceptors (Lipinski definition) is 2. The van der Waals surface area contributed by atoms with Gasteiger partial charge in [-0.3, -0.25) is 0 Å². The maximum Gasteiger partial charge on any atom is 0.155 e. The molecule has 1 heterocycles. The van der Waals surface area contributed by atoms with E-state index < -0.39 is 0 Å².